The Labute approximate surface area is 178 Å². The fraction of sp³-hybridized carbons (Fsp3) is 0.852. The summed E-state index contributed by atoms with van der Waals surface area (Å²) in [5.74, 6) is 3.24. The normalized spacial score (nSPS) is 41.6. The van der Waals surface area contributed by atoms with Crippen molar-refractivity contribution in [2.24, 2.45) is 34.5 Å². The second-order valence-corrected chi connectivity index (χ2v) is 11.3. The zero-order valence-corrected chi connectivity index (χ0v) is 19.1. The highest BCUT2D eigenvalue weighted by Gasteiger charge is 2.60. The van der Waals surface area contributed by atoms with E-state index in [1.807, 2.05) is 0 Å². The summed E-state index contributed by atoms with van der Waals surface area (Å²) < 4.78 is 0. The summed E-state index contributed by atoms with van der Waals surface area (Å²) in [6.45, 7) is 7.17. The minimum absolute atomic E-state index is 0.0351. The zero-order chi connectivity index (χ0) is 20.6. The van der Waals surface area contributed by atoms with E-state index in [1.165, 1.54) is 70.6 Å². The third-order valence-corrected chi connectivity index (χ3v) is 9.89. The molecule has 29 heavy (non-hydrogen) atoms. The van der Waals surface area contributed by atoms with E-state index in [4.69, 9.17) is 0 Å². The Morgan fingerprint density at radius 1 is 0.931 bits per heavy atom. The molecule has 0 aliphatic heterocycles. The largest absolute Gasteiger partial charge is 0.295 e. The van der Waals surface area contributed by atoms with Gasteiger partial charge in [-0.05, 0) is 79.1 Å². The summed E-state index contributed by atoms with van der Waals surface area (Å²) in [6.07, 6.45) is 19.0. The van der Waals surface area contributed by atoms with Crippen molar-refractivity contribution in [3.05, 3.63) is 11.6 Å². The highest BCUT2D eigenvalue weighted by molar-refractivity contribution is 6.05. The van der Waals surface area contributed by atoms with Crippen LogP contribution in [0.1, 0.15) is 111 Å². The number of allylic oxidation sites excluding steroid dienone is 1. The van der Waals surface area contributed by atoms with Gasteiger partial charge in [0.15, 0.2) is 11.6 Å². The van der Waals surface area contributed by atoms with Gasteiger partial charge in [0.05, 0.1) is 0 Å². The quantitative estimate of drug-likeness (QED) is 0.430. The Kier molecular flexibility index (Phi) is 6.11. The Morgan fingerprint density at radius 2 is 1.69 bits per heavy atom. The molecule has 3 fully saturated rings. The van der Waals surface area contributed by atoms with Gasteiger partial charge in [-0.15, -0.1) is 0 Å². The lowest BCUT2D eigenvalue weighted by Crippen LogP contribution is -2.52. The molecule has 6 atom stereocenters. The molecule has 0 radical (unpaired) electrons. The number of hydrogen-bond donors (Lipinski definition) is 0. The number of fused-ring (bicyclic) bond motifs is 5. The molecule has 0 amide bonds. The summed E-state index contributed by atoms with van der Waals surface area (Å²) in [7, 11) is 0. The molecule has 4 aliphatic rings. The number of carbonyl (C=O) groups is 2. The van der Waals surface area contributed by atoms with E-state index >= 15 is 0 Å². The number of ketones is 2. The maximum Gasteiger partial charge on any atom is 0.159 e. The van der Waals surface area contributed by atoms with E-state index in [0.29, 0.717) is 35.9 Å². The summed E-state index contributed by atoms with van der Waals surface area (Å²) in [6, 6.07) is 0. The smallest absolute Gasteiger partial charge is 0.159 e. The van der Waals surface area contributed by atoms with Crippen LogP contribution < -0.4 is 0 Å². The van der Waals surface area contributed by atoms with Crippen LogP contribution in [0, 0.1) is 34.5 Å². The molecule has 0 aromatic rings. The predicted molar refractivity (Wildman–Crippen MR) is 119 cm³/mol. The molecule has 0 aromatic heterocycles. The van der Waals surface area contributed by atoms with Crippen molar-refractivity contribution in [3.8, 4) is 0 Å². The maximum atomic E-state index is 13.1. The minimum atomic E-state index is -0.0351. The Balaban J connectivity index is 1.44. The van der Waals surface area contributed by atoms with E-state index in [2.05, 4.69) is 20.8 Å². The van der Waals surface area contributed by atoms with Gasteiger partial charge < -0.3 is 0 Å². The first kappa shape index (κ1) is 21.3. The van der Waals surface area contributed by atoms with Gasteiger partial charge in [0, 0.05) is 18.4 Å². The lowest BCUT2D eigenvalue weighted by Gasteiger charge is -2.57. The SMILES string of the molecule is CCCCCCCC[C@H]1CC[C@H]2[C@@H]3CC(=O)C4=CC(=O)CC[C@]4(C)[C@H]3CC[C@]12C. The first-order chi connectivity index (χ1) is 13.9. The average Bonchev–Trinajstić information content (AvgIpc) is 3.03. The first-order valence-electron chi connectivity index (χ1n) is 12.7. The van der Waals surface area contributed by atoms with E-state index in [1.54, 1.807) is 6.08 Å². The van der Waals surface area contributed by atoms with Crippen molar-refractivity contribution in [2.75, 3.05) is 0 Å². The topological polar surface area (TPSA) is 34.1 Å². The van der Waals surface area contributed by atoms with Gasteiger partial charge in [-0.2, -0.15) is 0 Å². The predicted octanol–water partition coefficient (Wildman–Crippen LogP) is 7.06. The third kappa shape index (κ3) is 3.68. The summed E-state index contributed by atoms with van der Waals surface area (Å²) in [5.41, 5.74) is 1.31. The van der Waals surface area contributed by atoms with Gasteiger partial charge >= 0.3 is 0 Å². The van der Waals surface area contributed by atoms with E-state index in [0.717, 1.165) is 23.8 Å². The lowest BCUT2D eigenvalue weighted by molar-refractivity contribution is -0.131. The van der Waals surface area contributed by atoms with Crippen LogP contribution in [0.15, 0.2) is 11.6 Å². The van der Waals surface area contributed by atoms with Gasteiger partial charge in [-0.25, -0.2) is 0 Å². The molecule has 0 spiro atoms. The van der Waals surface area contributed by atoms with Crippen LogP contribution >= 0.6 is 0 Å². The van der Waals surface area contributed by atoms with Crippen molar-refractivity contribution in [1.29, 1.82) is 0 Å². The lowest BCUT2D eigenvalue weighted by atomic mass is 9.46. The molecule has 0 unspecified atom stereocenters. The monoisotopic (exact) mass is 398 g/mol. The molecular formula is C27H42O2. The second-order valence-electron chi connectivity index (χ2n) is 11.3. The maximum absolute atomic E-state index is 13.1. The Bertz CT molecular complexity index is 676. The average molecular weight is 399 g/mol. The standard InChI is InChI=1S/C27H42O2/c1-4-5-6-7-8-9-10-19-11-12-22-21-18-25(29)24-17-20(28)13-15-27(24,3)23(21)14-16-26(19,22)2/h17,19,21-23H,4-16,18H2,1-3H3/t19-,21-,22-,23-,26+,27+/m0/s1. The number of unbranched alkanes of at least 4 members (excludes halogenated alkanes) is 5. The second kappa shape index (κ2) is 8.31. The number of Topliss-reactive ketones (excluding diaryl/α,β-unsaturated/α-hetero) is 1. The van der Waals surface area contributed by atoms with Gasteiger partial charge in [0.1, 0.15) is 0 Å². The first-order valence-corrected chi connectivity index (χ1v) is 12.7. The molecule has 3 saturated carbocycles. The Hall–Kier alpha value is -0.920. The highest BCUT2D eigenvalue weighted by Crippen LogP contribution is 2.66. The molecule has 0 aromatic carbocycles. The van der Waals surface area contributed by atoms with Gasteiger partial charge in [0.25, 0.3) is 0 Å². The number of carbonyl (C=O) groups excluding carboxylic acids is 2. The van der Waals surface area contributed by atoms with E-state index in [-0.39, 0.29) is 11.2 Å². The molecule has 0 bridgehead atoms. The van der Waals surface area contributed by atoms with E-state index in [9.17, 15) is 9.59 Å². The van der Waals surface area contributed by atoms with Crippen LogP contribution in [0.25, 0.3) is 0 Å². The van der Waals surface area contributed by atoms with Crippen LogP contribution in [0.3, 0.4) is 0 Å². The van der Waals surface area contributed by atoms with Gasteiger partial charge in [0.2, 0.25) is 0 Å². The molecule has 0 heterocycles. The van der Waals surface area contributed by atoms with Gasteiger partial charge in [-0.3, -0.25) is 9.59 Å². The molecule has 2 nitrogen and oxygen atoms in total. The molecule has 0 saturated heterocycles. The summed E-state index contributed by atoms with van der Waals surface area (Å²) >= 11 is 0. The van der Waals surface area contributed by atoms with Crippen molar-refractivity contribution >= 4 is 11.6 Å². The molecule has 162 valence electrons. The Morgan fingerprint density at radius 3 is 2.48 bits per heavy atom. The summed E-state index contributed by atoms with van der Waals surface area (Å²) in [5, 5.41) is 0. The van der Waals surface area contributed by atoms with Crippen molar-refractivity contribution < 1.29 is 9.59 Å². The third-order valence-electron chi connectivity index (χ3n) is 9.89. The van der Waals surface area contributed by atoms with Crippen molar-refractivity contribution in [1.82, 2.24) is 0 Å². The highest BCUT2D eigenvalue weighted by atomic mass is 16.1. The minimum Gasteiger partial charge on any atom is -0.295 e. The fourth-order valence-electron chi connectivity index (χ4n) is 8.14. The van der Waals surface area contributed by atoms with Crippen LogP contribution in [-0.2, 0) is 9.59 Å². The van der Waals surface area contributed by atoms with Crippen LogP contribution in [0.2, 0.25) is 0 Å². The summed E-state index contributed by atoms with van der Waals surface area (Å²) in [4.78, 5) is 25.1. The van der Waals surface area contributed by atoms with E-state index < -0.39 is 0 Å². The molecule has 4 rings (SSSR count). The fourth-order valence-corrected chi connectivity index (χ4v) is 8.14. The molecule has 4 aliphatic carbocycles. The van der Waals surface area contributed by atoms with Gasteiger partial charge in [-0.1, -0.05) is 59.3 Å². The van der Waals surface area contributed by atoms with Crippen LogP contribution in [0.4, 0.5) is 0 Å². The number of rotatable bonds is 7. The van der Waals surface area contributed by atoms with Crippen molar-refractivity contribution in [2.45, 2.75) is 111 Å². The molecule has 2 heteroatoms. The number of hydrogen-bond acceptors (Lipinski definition) is 2. The van der Waals surface area contributed by atoms with Crippen LogP contribution in [0.5, 0.6) is 0 Å². The van der Waals surface area contributed by atoms with Crippen LogP contribution in [-0.4, -0.2) is 11.6 Å². The van der Waals surface area contributed by atoms with Crippen molar-refractivity contribution in [3.63, 3.8) is 0 Å². The molecule has 0 N–H and O–H groups in total. The molecular weight excluding hydrogens is 356 g/mol. The zero-order valence-electron chi connectivity index (χ0n) is 19.1.